The predicted octanol–water partition coefficient (Wildman–Crippen LogP) is 2.78. The molecule has 0 fully saturated rings. The Kier molecular flexibility index (Phi) is 1.83. The van der Waals surface area contributed by atoms with Crippen molar-refractivity contribution in [3.8, 4) is 0 Å². The van der Waals surface area contributed by atoms with E-state index in [-0.39, 0.29) is 0 Å². The summed E-state index contributed by atoms with van der Waals surface area (Å²) >= 11 is 1.83. The number of hydrogen-bond donors (Lipinski definition) is 0. The predicted molar refractivity (Wildman–Crippen MR) is 67.5 cm³/mol. The van der Waals surface area contributed by atoms with Crippen molar-refractivity contribution in [3.05, 3.63) is 23.1 Å². The van der Waals surface area contributed by atoms with Crippen LogP contribution in [0, 0.1) is 0 Å². The summed E-state index contributed by atoms with van der Waals surface area (Å²) in [5.74, 6) is 0.622. The average molecular weight is 244 g/mol. The molecule has 86 valence electrons. The smallest absolute Gasteiger partial charge is 0.172 e. The first-order valence-corrected chi connectivity index (χ1v) is 6.76. The quantitative estimate of drug-likeness (QED) is 0.610. The van der Waals surface area contributed by atoms with E-state index in [1.165, 1.54) is 35.1 Å². The monoisotopic (exact) mass is 244 g/mol. The van der Waals surface area contributed by atoms with Crippen LogP contribution < -0.4 is 0 Å². The van der Waals surface area contributed by atoms with Crippen LogP contribution in [0.5, 0.6) is 0 Å². The number of hydrogen-bond acceptors (Lipinski definition) is 4. The molecule has 0 unspecified atom stereocenters. The van der Waals surface area contributed by atoms with Crippen LogP contribution in [0.3, 0.4) is 0 Å². The molecule has 3 aromatic heterocycles. The Morgan fingerprint density at radius 3 is 3.29 bits per heavy atom. The standard InChI is InChI=1S/C12H12N4S/c1-7-3-2-4-8-9(7)10-11-15-14-6-16(11)5-13-12(10)17-8/h5-7H,2-4H2,1H3/t7-/m1/s1. The lowest BCUT2D eigenvalue weighted by atomic mass is 9.87. The molecule has 4 rings (SSSR count). The lowest BCUT2D eigenvalue weighted by Crippen LogP contribution is -2.04. The molecule has 0 saturated heterocycles. The Morgan fingerprint density at radius 1 is 1.41 bits per heavy atom. The van der Waals surface area contributed by atoms with Gasteiger partial charge in [0.05, 0.1) is 5.39 Å². The third-order valence-corrected chi connectivity index (χ3v) is 4.81. The zero-order valence-corrected chi connectivity index (χ0v) is 10.4. The van der Waals surface area contributed by atoms with Crippen LogP contribution in [-0.4, -0.2) is 19.6 Å². The number of aromatic nitrogens is 4. The third-order valence-electron chi connectivity index (χ3n) is 3.63. The zero-order valence-electron chi connectivity index (χ0n) is 9.55. The first-order chi connectivity index (χ1) is 8.34. The van der Waals surface area contributed by atoms with Crippen LogP contribution in [0.4, 0.5) is 0 Å². The molecular formula is C12H12N4S. The maximum Gasteiger partial charge on any atom is 0.172 e. The van der Waals surface area contributed by atoms with E-state index in [0.717, 1.165) is 10.5 Å². The molecule has 0 N–H and O–H groups in total. The maximum absolute atomic E-state index is 4.52. The third kappa shape index (κ3) is 1.20. The second-order valence-electron chi connectivity index (χ2n) is 4.72. The molecule has 0 spiro atoms. The van der Waals surface area contributed by atoms with Crippen molar-refractivity contribution in [2.45, 2.75) is 32.1 Å². The molecule has 0 amide bonds. The molecule has 3 aromatic rings. The highest BCUT2D eigenvalue weighted by Gasteiger charge is 2.24. The largest absolute Gasteiger partial charge is 0.271 e. The minimum Gasteiger partial charge on any atom is -0.271 e. The zero-order chi connectivity index (χ0) is 11.4. The summed E-state index contributed by atoms with van der Waals surface area (Å²) in [6.07, 6.45) is 7.29. The summed E-state index contributed by atoms with van der Waals surface area (Å²) in [5.41, 5.74) is 2.43. The summed E-state index contributed by atoms with van der Waals surface area (Å²) in [6, 6.07) is 0. The molecule has 0 bridgehead atoms. The molecule has 17 heavy (non-hydrogen) atoms. The number of aryl methyl sites for hydroxylation is 1. The van der Waals surface area contributed by atoms with Gasteiger partial charge in [-0.1, -0.05) is 6.92 Å². The Labute approximate surface area is 102 Å². The molecule has 1 aliphatic carbocycles. The number of fused-ring (bicyclic) bond motifs is 5. The minimum absolute atomic E-state index is 0.622. The Hall–Kier alpha value is -1.49. The molecule has 0 radical (unpaired) electrons. The molecule has 1 aliphatic rings. The van der Waals surface area contributed by atoms with Crippen molar-refractivity contribution in [1.82, 2.24) is 19.6 Å². The molecule has 5 heteroatoms. The fourth-order valence-corrected chi connectivity index (χ4v) is 4.12. The Balaban J connectivity index is 2.21. The van der Waals surface area contributed by atoms with Crippen molar-refractivity contribution in [2.24, 2.45) is 0 Å². The Morgan fingerprint density at radius 2 is 2.35 bits per heavy atom. The topological polar surface area (TPSA) is 43.1 Å². The summed E-state index contributed by atoms with van der Waals surface area (Å²) in [7, 11) is 0. The highest BCUT2D eigenvalue weighted by molar-refractivity contribution is 7.19. The molecule has 4 nitrogen and oxygen atoms in total. The van der Waals surface area contributed by atoms with Crippen molar-refractivity contribution in [3.63, 3.8) is 0 Å². The fraction of sp³-hybridized carbons (Fsp3) is 0.417. The van der Waals surface area contributed by atoms with Gasteiger partial charge >= 0.3 is 0 Å². The van der Waals surface area contributed by atoms with E-state index >= 15 is 0 Å². The average Bonchev–Trinajstić information content (AvgIpc) is 2.91. The van der Waals surface area contributed by atoms with Gasteiger partial charge < -0.3 is 0 Å². The van der Waals surface area contributed by atoms with Gasteiger partial charge in [0, 0.05) is 4.88 Å². The van der Waals surface area contributed by atoms with Crippen LogP contribution >= 0.6 is 11.3 Å². The molecule has 0 saturated carbocycles. The second kappa shape index (κ2) is 3.26. The van der Waals surface area contributed by atoms with Crippen LogP contribution in [0.25, 0.3) is 15.9 Å². The van der Waals surface area contributed by atoms with Crippen LogP contribution in [-0.2, 0) is 6.42 Å². The normalized spacial score (nSPS) is 19.9. The summed E-state index contributed by atoms with van der Waals surface area (Å²) in [4.78, 5) is 7.14. The van der Waals surface area contributed by atoms with Crippen molar-refractivity contribution in [2.75, 3.05) is 0 Å². The second-order valence-corrected chi connectivity index (χ2v) is 5.80. The first-order valence-electron chi connectivity index (χ1n) is 5.94. The van der Waals surface area contributed by atoms with E-state index in [1.54, 1.807) is 6.33 Å². The van der Waals surface area contributed by atoms with Gasteiger partial charge in [0.1, 0.15) is 17.5 Å². The molecular weight excluding hydrogens is 232 g/mol. The van der Waals surface area contributed by atoms with Gasteiger partial charge in [-0.15, -0.1) is 21.5 Å². The molecule has 0 aliphatic heterocycles. The van der Waals surface area contributed by atoms with Gasteiger partial charge in [-0.3, -0.25) is 4.40 Å². The first kappa shape index (κ1) is 9.53. The number of nitrogens with zero attached hydrogens (tertiary/aromatic N) is 4. The van der Waals surface area contributed by atoms with Gasteiger partial charge in [0.15, 0.2) is 5.65 Å². The van der Waals surface area contributed by atoms with Gasteiger partial charge in [-0.05, 0) is 30.7 Å². The van der Waals surface area contributed by atoms with Crippen molar-refractivity contribution in [1.29, 1.82) is 0 Å². The van der Waals surface area contributed by atoms with E-state index in [1.807, 2.05) is 22.1 Å². The number of thiophene rings is 1. The van der Waals surface area contributed by atoms with Crippen LogP contribution in [0.15, 0.2) is 12.7 Å². The minimum atomic E-state index is 0.622. The van der Waals surface area contributed by atoms with E-state index < -0.39 is 0 Å². The summed E-state index contributed by atoms with van der Waals surface area (Å²) in [6.45, 7) is 2.31. The van der Waals surface area contributed by atoms with E-state index in [9.17, 15) is 0 Å². The lowest BCUT2D eigenvalue weighted by Gasteiger charge is -2.18. The number of rotatable bonds is 0. The van der Waals surface area contributed by atoms with Crippen molar-refractivity contribution >= 4 is 27.2 Å². The highest BCUT2D eigenvalue weighted by atomic mass is 32.1. The molecule has 1 atom stereocenters. The van der Waals surface area contributed by atoms with Gasteiger partial charge in [-0.25, -0.2) is 4.98 Å². The van der Waals surface area contributed by atoms with Gasteiger partial charge in [-0.2, -0.15) is 0 Å². The SMILES string of the molecule is C[C@@H]1CCCc2sc3ncn4cnnc4c3c21. The fourth-order valence-electron chi connectivity index (χ4n) is 2.83. The lowest BCUT2D eigenvalue weighted by molar-refractivity contribution is 0.602. The van der Waals surface area contributed by atoms with Gasteiger partial charge in [0.2, 0.25) is 0 Å². The molecule has 3 heterocycles. The van der Waals surface area contributed by atoms with E-state index in [0.29, 0.717) is 5.92 Å². The summed E-state index contributed by atoms with van der Waals surface area (Å²) < 4.78 is 1.91. The maximum atomic E-state index is 4.52. The molecule has 0 aromatic carbocycles. The van der Waals surface area contributed by atoms with E-state index in [4.69, 9.17) is 0 Å². The Bertz CT molecular complexity index is 712. The van der Waals surface area contributed by atoms with Crippen molar-refractivity contribution < 1.29 is 0 Å². The van der Waals surface area contributed by atoms with Crippen LogP contribution in [0.2, 0.25) is 0 Å². The van der Waals surface area contributed by atoms with Gasteiger partial charge in [0.25, 0.3) is 0 Å². The summed E-state index contributed by atoms with van der Waals surface area (Å²) in [5, 5.41) is 9.46. The van der Waals surface area contributed by atoms with Crippen LogP contribution in [0.1, 0.15) is 36.1 Å². The van der Waals surface area contributed by atoms with E-state index in [2.05, 4.69) is 22.1 Å². The highest BCUT2D eigenvalue weighted by Crippen LogP contribution is 2.42.